The van der Waals surface area contributed by atoms with E-state index >= 15 is 0 Å². The van der Waals surface area contributed by atoms with Gasteiger partial charge in [-0.2, -0.15) is 11.3 Å². The molecule has 0 radical (unpaired) electrons. The minimum atomic E-state index is -0.142. The second kappa shape index (κ2) is 8.71. The van der Waals surface area contributed by atoms with Crippen LogP contribution in [0.15, 0.2) is 16.8 Å². The zero-order valence-corrected chi connectivity index (χ0v) is 12.8. The van der Waals surface area contributed by atoms with Gasteiger partial charge in [0.25, 0.3) is 5.91 Å². The smallest absolute Gasteiger partial charge is 0.252 e. The number of nitrogens with two attached hydrogens (primary N) is 1. The van der Waals surface area contributed by atoms with Crippen molar-refractivity contribution in [1.29, 1.82) is 0 Å². The molecule has 0 aliphatic heterocycles. The standard InChI is InChI=1S/C14H23N3O2S/c1-10(2)7-12(8-15)17-13(18)3-5-16-14(19)11-4-6-20-9-11/h4,6,9-10,12H,3,5,7-8,15H2,1-2H3,(H,16,19)(H,17,18). The lowest BCUT2D eigenvalue weighted by molar-refractivity contribution is -0.121. The fourth-order valence-electron chi connectivity index (χ4n) is 1.87. The van der Waals surface area contributed by atoms with Gasteiger partial charge in [-0.25, -0.2) is 0 Å². The van der Waals surface area contributed by atoms with Crippen LogP contribution in [-0.2, 0) is 4.79 Å². The van der Waals surface area contributed by atoms with Crippen molar-refractivity contribution in [1.82, 2.24) is 10.6 Å². The molecule has 0 fully saturated rings. The molecular weight excluding hydrogens is 274 g/mol. The number of hydrogen-bond acceptors (Lipinski definition) is 4. The summed E-state index contributed by atoms with van der Waals surface area (Å²) in [6.45, 7) is 4.95. The number of carbonyl (C=O) groups excluding carboxylic acids is 2. The highest BCUT2D eigenvalue weighted by Gasteiger charge is 2.12. The largest absolute Gasteiger partial charge is 0.352 e. The first-order valence-corrected chi connectivity index (χ1v) is 7.77. The maximum atomic E-state index is 11.7. The van der Waals surface area contributed by atoms with Crippen LogP contribution in [0.25, 0.3) is 0 Å². The predicted molar refractivity (Wildman–Crippen MR) is 81.7 cm³/mol. The summed E-state index contributed by atoms with van der Waals surface area (Å²) in [6, 6.07) is 1.77. The molecule has 0 saturated carbocycles. The van der Waals surface area contributed by atoms with Gasteiger partial charge in [-0.1, -0.05) is 13.8 Å². The highest BCUT2D eigenvalue weighted by atomic mass is 32.1. The number of rotatable bonds is 8. The van der Waals surface area contributed by atoms with E-state index in [4.69, 9.17) is 5.73 Å². The molecule has 0 aliphatic carbocycles. The Morgan fingerprint density at radius 3 is 2.70 bits per heavy atom. The van der Waals surface area contributed by atoms with Gasteiger partial charge in [0, 0.05) is 36.5 Å². The Hall–Kier alpha value is -1.40. The molecular formula is C14H23N3O2S. The lowest BCUT2D eigenvalue weighted by atomic mass is 10.0. The molecule has 0 saturated heterocycles. The molecule has 20 heavy (non-hydrogen) atoms. The summed E-state index contributed by atoms with van der Waals surface area (Å²) < 4.78 is 0. The molecule has 112 valence electrons. The van der Waals surface area contributed by atoms with Crippen LogP contribution in [0.1, 0.15) is 37.0 Å². The van der Waals surface area contributed by atoms with Crippen molar-refractivity contribution < 1.29 is 9.59 Å². The Kier molecular flexibility index (Phi) is 7.25. The summed E-state index contributed by atoms with van der Waals surface area (Å²) in [4.78, 5) is 23.4. The van der Waals surface area contributed by atoms with Gasteiger partial charge in [0.2, 0.25) is 5.91 Å². The number of carbonyl (C=O) groups is 2. The monoisotopic (exact) mass is 297 g/mol. The van der Waals surface area contributed by atoms with Crippen molar-refractivity contribution in [2.75, 3.05) is 13.1 Å². The van der Waals surface area contributed by atoms with E-state index in [1.807, 2.05) is 5.38 Å². The minimum absolute atomic E-state index is 0.00933. The lowest BCUT2D eigenvalue weighted by Crippen LogP contribution is -2.42. The Labute approximate surface area is 123 Å². The van der Waals surface area contributed by atoms with Crippen LogP contribution in [0.5, 0.6) is 0 Å². The van der Waals surface area contributed by atoms with Gasteiger partial charge in [0.05, 0.1) is 0 Å². The van der Waals surface area contributed by atoms with Crippen LogP contribution in [0.3, 0.4) is 0 Å². The normalized spacial score (nSPS) is 12.2. The average molecular weight is 297 g/mol. The first-order valence-electron chi connectivity index (χ1n) is 6.82. The fraction of sp³-hybridized carbons (Fsp3) is 0.571. The SMILES string of the molecule is CC(C)CC(CN)NC(=O)CCNC(=O)c1ccsc1. The van der Waals surface area contributed by atoms with Crippen molar-refractivity contribution in [2.45, 2.75) is 32.7 Å². The van der Waals surface area contributed by atoms with Crippen LogP contribution >= 0.6 is 11.3 Å². The molecule has 0 bridgehead atoms. The molecule has 1 unspecified atom stereocenters. The van der Waals surface area contributed by atoms with Crippen molar-refractivity contribution in [2.24, 2.45) is 11.7 Å². The highest BCUT2D eigenvalue weighted by molar-refractivity contribution is 7.08. The molecule has 1 atom stereocenters. The van der Waals surface area contributed by atoms with Gasteiger partial charge in [0.1, 0.15) is 0 Å². The lowest BCUT2D eigenvalue weighted by Gasteiger charge is -2.18. The van der Waals surface area contributed by atoms with Crippen molar-refractivity contribution in [3.63, 3.8) is 0 Å². The molecule has 1 aromatic heterocycles. The third kappa shape index (κ3) is 6.16. The summed E-state index contributed by atoms with van der Waals surface area (Å²) in [6.07, 6.45) is 1.13. The van der Waals surface area contributed by atoms with Crippen LogP contribution in [0.4, 0.5) is 0 Å². The third-order valence-electron chi connectivity index (χ3n) is 2.83. The molecule has 5 nitrogen and oxygen atoms in total. The average Bonchev–Trinajstić information content (AvgIpc) is 2.91. The second-order valence-electron chi connectivity index (χ2n) is 5.15. The van der Waals surface area contributed by atoms with Crippen molar-refractivity contribution in [3.8, 4) is 0 Å². The first kappa shape index (κ1) is 16.7. The highest BCUT2D eigenvalue weighted by Crippen LogP contribution is 2.05. The van der Waals surface area contributed by atoms with E-state index in [-0.39, 0.29) is 24.3 Å². The van der Waals surface area contributed by atoms with Gasteiger partial charge in [0.15, 0.2) is 0 Å². The van der Waals surface area contributed by atoms with Crippen LogP contribution in [-0.4, -0.2) is 30.9 Å². The van der Waals surface area contributed by atoms with Gasteiger partial charge >= 0.3 is 0 Å². The van der Waals surface area contributed by atoms with Crippen molar-refractivity contribution >= 4 is 23.2 Å². The van der Waals surface area contributed by atoms with Gasteiger partial charge in [-0.15, -0.1) is 0 Å². The topological polar surface area (TPSA) is 84.2 Å². The summed E-state index contributed by atoms with van der Waals surface area (Å²) in [5.74, 6) is 0.269. The molecule has 4 N–H and O–H groups in total. The van der Waals surface area contributed by atoms with Gasteiger partial charge < -0.3 is 16.4 Å². The zero-order valence-electron chi connectivity index (χ0n) is 12.0. The first-order chi connectivity index (χ1) is 9.52. The second-order valence-corrected chi connectivity index (χ2v) is 5.93. The van der Waals surface area contributed by atoms with E-state index in [9.17, 15) is 9.59 Å². The fourth-order valence-corrected chi connectivity index (χ4v) is 2.50. The number of nitrogens with one attached hydrogen (secondary N) is 2. The molecule has 1 aromatic rings. The third-order valence-corrected chi connectivity index (χ3v) is 3.51. The van der Waals surface area contributed by atoms with E-state index in [0.717, 1.165) is 6.42 Å². The predicted octanol–water partition coefficient (Wildman–Crippen LogP) is 1.36. The molecule has 1 heterocycles. The summed E-state index contributed by atoms with van der Waals surface area (Å²) in [5.41, 5.74) is 6.26. The summed E-state index contributed by atoms with van der Waals surface area (Å²) in [5, 5.41) is 9.24. The van der Waals surface area contributed by atoms with E-state index in [1.54, 1.807) is 11.4 Å². The number of thiophene rings is 1. The van der Waals surface area contributed by atoms with Crippen LogP contribution in [0, 0.1) is 5.92 Å². The Morgan fingerprint density at radius 1 is 1.40 bits per heavy atom. The molecule has 0 aliphatic rings. The molecule has 0 spiro atoms. The molecule has 1 rings (SSSR count). The zero-order chi connectivity index (χ0) is 15.0. The summed E-state index contributed by atoms with van der Waals surface area (Å²) >= 11 is 1.47. The Balaban J connectivity index is 2.24. The molecule has 6 heteroatoms. The van der Waals surface area contributed by atoms with E-state index < -0.39 is 0 Å². The number of hydrogen-bond donors (Lipinski definition) is 3. The number of amides is 2. The van der Waals surface area contributed by atoms with E-state index in [0.29, 0.717) is 24.6 Å². The van der Waals surface area contributed by atoms with Crippen molar-refractivity contribution in [3.05, 3.63) is 22.4 Å². The Morgan fingerprint density at radius 2 is 2.15 bits per heavy atom. The molecule has 2 amide bonds. The van der Waals surface area contributed by atoms with Crippen LogP contribution < -0.4 is 16.4 Å². The van der Waals surface area contributed by atoms with E-state index in [2.05, 4.69) is 24.5 Å². The van der Waals surface area contributed by atoms with E-state index in [1.165, 1.54) is 11.3 Å². The Bertz CT molecular complexity index is 418. The van der Waals surface area contributed by atoms with Crippen LogP contribution in [0.2, 0.25) is 0 Å². The summed E-state index contributed by atoms with van der Waals surface area (Å²) in [7, 11) is 0. The minimum Gasteiger partial charge on any atom is -0.352 e. The van der Waals surface area contributed by atoms with Gasteiger partial charge in [-0.05, 0) is 23.8 Å². The maximum Gasteiger partial charge on any atom is 0.252 e. The maximum absolute atomic E-state index is 11.7. The van der Waals surface area contributed by atoms with Gasteiger partial charge in [-0.3, -0.25) is 9.59 Å². The molecule has 0 aromatic carbocycles. The quantitative estimate of drug-likeness (QED) is 0.677.